The van der Waals surface area contributed by atoms with E-state index >= 15 is 0 Å². The molecule has 0 aliphatic rings. The minimum absolute atomic E-state index is 0.138. The molecular weight excluding hydrogens is 311 g/mol. The number of anilines is 1. The first kappa shape index (κ1) is 15.8. The minimum Gasteiger partial charge on any atom is -0.493 e. The van der Waals surface area contributed by atoms with E-state index in [1.165, 1.54) is 12.4 Å². The van der Waals surface area contributed by atoms with Crippen molar-refractivity contribution >= 4 is 5.95 Å². The molecule has 0 saturated carbocycles. The summed E-state index contributed by atoms with van der Waals surface area (Å²) in [5, 5.41) is 9.60. The van der Waals surface area contributed by atoms with Gasteiger partial charge in [-0.2, -0.15) is 5.10 Å². The van der Waals surface area contributed by atoms with Gasteiger partial charge in [0.1, 0.15) is 18.8 Å². The van der Waals surface area contributed by atoms with Gasteiger partial charge in [-0.15, -0.1) is 0 Å². The zero-order valence-corrected chi connectivity index (χ0v) is 13.1. The van der Waals surface area contributed by atoms with E-state index in [1.54, 1.807) is 31.4 Å². The summed E-state index contributed by atoms with van der Waals surface area (Å²) in [5.74, 6) is 1.45. The third-order valence-electron chi connectivity index (χ3n) is 3.44. The molecule has 3 aromatic rings. The molecule has 0 radical (unpaired) electrons. The van der Waals surface area contributed by atoms with Gasteiger partial charge in [0.2, 0.25) is 5.95 Å². The van der Waals surface area contributed by atoms with Crippen molar-refractivity contribution in [1.29, 1.82) is 0 Å². The van der Waals surface area contributed by atoms with Crippen LogP contribution in [0, 0.1) is 5.82 Å². The number of nitrogens with one attached hydrogen (secondary N) is 2. The Bertz CT molecular complexity index is 793. The van der Waals surface area contributed by atoms with Crippen LogP contribution in [0.1, 0.15) is 11.1 Å². The molecule has 2 N–H and O–H groups in total. The van der Waals surface area contributed by atoms with Crippen molar-refractivity contribution in [1.82, 2.24) is 15.2 Å². The molecule has 0 fully saturated rings. The van der Waals surface area contributed by atoms with E-state index in [9.17, 15) is 4.39 Å². The Morgan fingerprint density at radius 2 is 2.04 bits per heavy atom. The molecule has 24 heavy (non-hydrogen) atoms. The van der Waals surface area contributed by atoms with Gasteiger partial charge in [-0.25, -0.2) is 14.5 Å². The zero-order chi connectivity index (χ0) is 16.8. The highest BCUT2D eigenvalue weighted by Gasteiger charge is 2.08. The Kier molecular flexibility index (Phi) is 4.90. The number of ether oxygens (including phenoxy) is 2. The number of benzene rings is 2. The molecule has 0 aliphatic carbocycles. The quantitative estimate of drug-likeness (QED) is 0.697. The molecule has 7 heteroatoms. The van der Waals surface area contributed by atoms with E-state index in [2.05, 4.69) is 20.5 Å². The fourth-order valence-corrected chi connectivity index (χ4v) is 2.19. The molecule has 2 aromatic carbocycles. The predicted octanol–water partition coefficient (Wildman–Crippen LogP) is 3.14. The summed E-state index contributed by atoms with van der Waals surface area (Å²) in [5.41, 5.74) is 1.48. The zero-order valence-electron chi connectivity index (χ0n) is 13.1. The van der Waals surface area contributed by atoms with Crippen molar-refractivity contribution in [2.45, 2.75) is 13.2 Å². The number of nitrogens with zero attached hydrogens (tertiary/aromatic N) is 2. The molecule has 0 bridgehead atoms. The van der Waals surface area contributed by atoms with Crippen LogP contribution >= 0.6 is 0 Å². The molecule has 1 heterocycles. The smallest absolute Gasteiger partial charge is 0.218 e. The molecule has 3 rings (SSSR count). The Morgan fingerprint density at radius 3 is 2.79 bits per heavy atom. The summed E-state index contributed by atoms with van der Waals surface area (Å²) in [4.78, 5) is 3.99. The minimum atomic E-state index is -0.288. The Labute approximate surface area is 138 Å². The molecule has 6 nitrogen and oxygen atoms in total. The first-order valence-corrected chi connectivity index (χ1v) is 7.38. The molecule has 1 aromatic heterocycles. The summed E-state index contributed by atoms with van der Waals surface area (Å²) in [6.07, 6.45) is 1.43. The van der Waals surface area contributed by atoms with Crippen molar-refractivity contribution in [3.63, 3.8) is 0 Å². The van der Waals surface area contributed by atoms with Crippen molar-refractivity contribution in [3.05, 3.63) is 65.7 Å². The fourth-order valence-electron chi connectivity index (χ4n) is 2.19. The first-order valence-electron chi connectivity index (χ1n) is 7.38. The highest BCUT2D eigenvalue weighted by molar-refractivity contribution is 5.44. The topological polar surface area (TPSA) is 72.1 Å². The Balaban J connectivity index is 1.66. The molecule has 124 valence electrons. The number of halogens is 1. The predicted molar refractivity (Wildman–Crippen MR) is 87.4 cm³/mol. The normalized spacial score (nSPS) is 10.4. The van der Waals surface area contributed by atoms with Crippen LogP contribution in [0.2, 0.25) is 0 Å². The van der Waals surface area contributed by atoms with Crippen LogP contribution < -0.4 is 14.8 Å². The second kappa shape index (κ2) is 7.45. The maximum absolute atomic E-state index is 13.6. The number of H-pyrrole nitrogens is 1. The van der Waals surface area contributed by atoms with Crippen LogP contribution in [-0.2, 0) is 13.2 Å². The van der Waals surface area contributed by atoms with Crippen molar-refractivity contribution in [2.24, 2.45) is 0 Å². The number of methoxy groups -OCH3 is 1. The lowest BCUT2D eigenvalue weighted by molar-refractivity contribution is 0.279. The van der Waals surface area contributed by atoms with Crippen molar-refractivity contribution in [2.75, 3.05) is 12.4 Å². The lowest BCUT2D eigenvalue weighted by Crippen LogP contribution is -2.03. The molecule has 0 aliphatic heterocycles. The van der Waals surface area contributed by atoms with Crippen molar-refractivity contribution in [3.8, 4) is 11.5 Å². The standard InChI is InChI=1S/C17H17FN4O2/c1-23-16-8-12(9-19-17-20-11-21-22-17)6-7-15(16)24-10-13-4-2-3-5-14(13)18/h2-8,11H,9-10H2,1H3,(H2,19,20,21,22). The van der Waals surface area contributed by atoms with Gasteiger partial charge in [0.25, 0.3) is 0 Å². The van der Waals surface area contributed by atoms with E-state index in [4.69, 9.17) is 9.47 Å². The summed E-state index contributed by atoms with van der Waals surface area (Å²) >= 11 is 0. The second-order valence-electron chi connectivity index (χ2n) is 5.05. The molecule has 0 amide bonds. The van der Waals surface area contributed by atoms with Crippen LogP contribution in [0.25, 0.3) is 0 Å². The average molecular weight is 328 g/mol. The highest BCUT2D eigenvalue weighted by Crippen LogP contribution is 2.29. The van der Waals surface area contributed by atoms with Gasteiger partial charge >= 0.3 is 0 Å². The van der Waals surface area contributed by atoms with Crippen LogP contribution in [0.4, 0.5) is 10.3 Å². The fraction of sp³-hybridized carbons (Fsp3) is 0.176. The Morgan fingerprint density at radius 1 is 1.17 bits per heavy atom. The first-order chi connectivity index (χ1) is 11.8. The van der Waals surface area contributed by atoms with Gasteiger partial charge in [0.15, 0.2) is 11.5 Å². The SMILES string of the molecule is COc1cc(CNc2ncn[nH]2)ccc1OCc1ccccc1F. The maximum Gasteiger partial charge on any atom is 0.218 e. The monoisotopic (exact) mass is 328 g/mol. The maximum atomic E-state index is 13.6. The second-order valence-corrected chi connectivity index (χ2v) is 5.05. The largest absolute Gasteiger partial charge is 0.493 e. The summed E-state index contributed by atoms with van der Waals surface area (Å²) < 4.78 is 24.7. The summed E-state index contributed by atoms with van der Waals surface area (Å²) in [7, 11) is 1.57. The van der Waals surface area contributed by atoms with E-state index in [0.29, 0.717) is 29.6 Å². The molecule has 0 saturated heterocycles. The number of aromatic amines is 1. The number of rotatable bonds is 7. The van der Waals surface area contributed by atoms with Gasteiger partial charge in [0, 0.05) is 12.1 Å². The summed E-state index contributed by atoms with van der Waals surface area (Å²) in [6.45, 7) is 0.692. The van der Waals surface area contributed by atoms with Crippen LogP contribution in [0.15, 0.2) is 48.8 Å². The Hall–Kier alpha value is -3.09. The van der Waals surface area contributed by atoms with Crippen LogP contribution in [-0.4, -0.2) is 22.3 Å². The lowest BCUT2D eigenvalue weighted by Gasteiger charge is -2.13. The highest BCUT2D eigenvalue weighted by atomic mass is 19.1. The van der Waals surface area contributed by atoms with Crippen molar-refractivity contribution < 1.29 is 13.9 Å². The van der Waals surface area contributed by atoms with Crippen LogP contribution in [0.3, 0.4) is 0 Å². The van der Waals surface area contributed by atoms with E-state index in [0.717, 1.165) is 5.56 Å². The van der Waals surface area contributed by atoms with Gasteiger partial charge in [-0.05, 0) is 23.8 Å². The number of hydrogen-bond donors (Lipinski definition) is 2. The number of hydrogen-bond acceptors (Lipinski definition) is 5. The summed E-state index contributed by atoms with van der Waals surface area (Å²) in [6, 6.07) is 12.1. The van der Waals surface area contributed by atoms with Gasteiger partial charge in [-0.1, -0.05) is 24.3 Å². The van der Waals surface area contributed by atoms with E-state index in [-0.39, 0.29) is 12.4 Å². The molecule has 0 spiro atoms. The molecule has 0 atom stereocenters. The van der Waals surface area contributed by atoms with E-state index < -0.39 is 0 Å². The van der Waals surface area contributed by atoms with Gasteiger partial charge in [0.05, 0.1) is 7.11 Å². The van der Waals surface area contributed by atoms with E-state index in [1.807, 2.05) is 12.1 Å². The lowest BCUT2D eigenvalue weighted by atomic mass is 10.2. The third kappa shape index (κ3) is 3.81. The third-order valence-corrected chi connectivity index (χ3v) is 3.44. The van der Waals surface area contributed by atoms with Crippen LogP contribution in [0.5, 0.6) is 11.5 Å². The number of aromatic nitrogens is 3. The van der Waals surface area contributed by atoms with Gasteiger partial charge < -0.3 is 14.8 Å². The average Bonchev–Trinajstić information content (AvgIpc) is 3.13. The van der Waals surface area contributed by atoms with Gasteiger partial charge in [-0.3, -0.25) is 0 Å². The molecule has 0 unspecified atom stereocenters. The molecular formula is C17H17FN4O2.